The number of pyridine rings is 1. The molecular weight excluding hydrogens is 671 g/mol. The van der Waals surface area contributed by atoms with Crippen LogP contribution < -0.4 is 4.90 Å². The lowest BCUT2D eigenvalue weighted by molar-refractivity contribution is 0.406. The Balaban J connectivity index is 1.27. The molecule has 0 spiro atoms. The summed E-state index contributed by atoms with van der Waals surface area (Å²) < 4.78 is 7.03. The summed E-state index contributed by atoms with van der Waals surface area (Å²) in [6.07, 6.45) is 4.20. The maximum atomic E-state index is 5.02. The predicted molar refractivity (Wildman–Crippen MR) is 232 cm³/mol. The molecule has 55 heavy (non-hydrogen) atoms. The zero-order valence-corrected chi connectivity index (χ0v) is 32.7. The second-order valence-corrected chi connectivity index (χ2v) is 15.8. The van der Waals surface area contributed by atoms with Crippen LogP contribution in [0.2, 0.25) is 0 Å². The number of hydrogen-bond acceptors (Lipinski definition) is 2. The Labute approximate surface area is 323 Å². The minimum Gasteiger partial charge on any atom is -0.309 e. The molecule has 0 aliphatic heterocycles. The summed E-state index contributed by atoms with van der Waals surface area (Å²) in [5.74, 6) is 0.899. The van der Waals surface area contributed by atoms with E-state index in [1.807, 2.05) is 6.20 Å². The van der Waals surface area contributed by atoms with Crippen LogP contribution in [-0.2, 0) is 5.54 Å². The summed E-state index contributed by atoms with van der Waals surface area (Å²) in [4.78, 5) is 7.45. The molecule has 0 unspecified atom stereocenters. The minimum atomic E-state index is -0.0756. The molecule has 9 aromatic rings. The van der Waals surface area contributed by atoms with Crippen molar-refractivity contribution >= 4 is 49.9 Å². The highest BCUT2D eigenvalue weighted by Crippen LogP contribution is 2.43. The third-order valence-electron chi connectivity index (χ3n) is 11.0. The van der Waals surface area contributed by atoms with Gasteiger partial charge in [-0.05, 0) is 136 Å². The van der Waals surface area contributed by atoms with Gasteiger partial charge in [-0.1, -0.05) is 60.7 Å². The molecule has 0 saturated heterocycles. The Bertz CT molecular complexity index is 2880. The molecule has 0 aliphatic carbocycles. The van der Waals surface area contributed by atoms with Crippen LogP contribution in [-0.4, -0.2) is 18.7 Å². The van der Waals surface area contributed by atoms with Crippen LogP contribution in [0, 0.1) is 27.7 Å². The topological polar surface area (TPSA) is 30.9 Å². The van der Waals surface area contributed by atoms with Crippen molar-refractivity contribution in [1.29, 1.82) is 0 Å². The lowest BCUT2D eigenvalue weighted by atomic mass is 9.96. The average molecular weight is 717 g/mol. The normalized spacial score (nSPS) is 11.9. The summed E-state index contributed by atoms with van der Waals surface area (Å²) in [7, 11) is 0. The van der Waals surface area contributed by atoms with Crippen molar-refractivity contribution in [2.24, 2.45) is 0 Å². The molecule has 0 amide bonds. The lowest BCUT2D eigenvalue weighted by Gasteiger charge is -2.29. The van der Waals surface area contributed by atoms with Gasteiger partial charge in [-0.25, -0.2) is 9.55 Å². The maximum absolute atomic E-state index is 5.02. The van der Waals surface area contributed by atoms with Gasteiger partial charge < -0.3 is 4.90 Å². The number of benzene rings is 6. The minimum absolute atomic E-state index is 0.0756. The summed E-state index contributed by atoms with van der Waals surface area (Å²) in [5, 5.41) is 2.40. The molecule has 0 bridgehead atoms. The molecule has 6 aromatic carbocycles. The van der Waals surface area contributed by atoms with Crippen molar-refractivity contribution in [2.45, 2.75) is 54.0 Å². The number of aromatic nitrogens is 4. The maximum Gasteiger partial charge on any atom is 0.191 e. The van der Waals surface area contributed by atoms with E-state index in [2.05, 4.69) is 213 Å². The summed E-state index contributed by atoms with van der Waals surface area (Å²) in [6, 6.07) is 50.7. The zero-order chi connectivity index (χ0) is 38.0. The fraction of sp³-hybridized carbons (Fsp3) is 0.160. The van der Waals surface area contributed by atoms with Crippen molar-refractivity contribution in [3.8, 4) is 22.6 Å². The molecule has 5 heteroatoms. The van der Waals surface area contributed by atoms with Crippen LogP contribution in [0.15, 0.2) is 152 Å². The summed E-state index contributed by atoms with van der Waals surface area (Å²) in [6.45, 7) is 15.6. The Morgan fingerprint density at radius 3 is 1.89 bits per heavy atom. The molecule has 3 aromatic heterocycles. The van der Waals surface area contributed by atoms with E-state index in [-0.39, 0.29) is 5.54 Å². The molecule has 3 heterocycles. The molecule has 0 fully saturated rings. The van der Waals surface area contributed by atoms with E-state index in [0.717, 1.165) is 33.9 Å². The van der Waals surface area contributed by atoms with Crippen molar-refractivity contribution in [3.05, 3.63) is 174 Å². The van der Waals surface area contributed by atoms with E-state index >= 15 is 0 Å². The van der Waals surface area contributed by atoms with Gasteiger partial charge in [-0.3, -0.25) is 4.57 Å². The fourth-order valence-electron chi connectivity index (χ4n) is 8.51. The van der Waals surface area contributed by atoms with Gasteiger partial charge in [0.2, 0.25) is 0 Å². The Kier molecular flexibility index (Phi) is 8.20. The molecule has 0 N–H and O–H groups in total. The van der Waals surface area contributed by atoms with Crippen LogP contribution in [0.4, 0.5) is 17.1 Å². The molecule has 0 atom stereocenters. The Morgan fingerprint density at radius 1 is 0.545 bits per heavy atom. The van der Waals surface area contributed by atoms with E-state index in [4.69, 9.17) is 4.98 Å². The van der Waals surface area contributed by atoms with Gasteiger partial charge in [0.05, 0.1) is 27.9 Å². The monoisotopic (exact) mass is 716 g/mol. The highest BCUT2D eigenvalue weighted by molar-refractivity contribution is 6.10. The van der Waals surface area contributed by atoms with E-state index < -0.39 is 0 Å². The average Bonchev–Trinajstić information content (AvgIpc) is 3.73. The third-order valence-corrected chi connectivity index (χ3v) is 11.0. The van der Waals surface area contributed by atoms with Gasteiger partial charge in [0.15, 0.2) is 17.4 Å². The smallest absolute Gasteiger partial charge is 0.191 e. The first kappa shape index (κ1) is 34.3. The van der Waals surface area contributed by atoms with E-state index in [0.29, 0.717) is 0 Å². The van der Waals surface area contributed by atoms with Crippen molar-refractivity contribution < 1.29 is 0 Å². The number of hydrogen-bond donors (Lipinski definition) is 0. The van der Waals surface area contributed by atoms with Crippen molar-refractivity contribution in [2.75, 3.05) is 4.90 Å². The number of para-hydroxylation sites is 4. The number of rotatable bonds is 6. The van der Waals surface area contributed by atoms with Crippen LogP contribution in [0.5, 0.6) is 0 Å². The number of aryl methyl sites for hydroxylation is 4. The first-order valence-corrected chi connectivity index (χ1v) is 19.1. The number of nitrogens with zero attached hydrogens (tertiary/aromatic N) is 5. The second kappa shape index (κ2) is 13.1. The zero-order valence-electron chi connectivity index (χ0n) is 32.7. The van der Waals surface area contributed by atoms with Crippen LogP contribution in [0.3, 0.4) is 0 Å². The second-order valence-electron chi connectivity index (χ2n) is 15.8. The van der Waals surface area contributed by atoms with Crippen molar-refractivity contribution in [1.82, 2.24) is 18.7 Å². The molecule has 9 rings (SSSR count). The van der Waals surface area contributed by atoms with E-state index in [1.54, 1.807) is 0 Å². The SMILES string of the molecule is Cc1cccc(C)c1-c1ccnc(-n2c3ccccc3c3ccc(N(c4cccc(-n5[cH+]n(C(C)(C)C)c6ccccc65)c4)c4c(C)cccc4C)cc32)c1. The van der Waals surface area contributed by atoms with Crippen LogP contribution in [0.1, 0.15) is 43.0 Å². The standard InChI is InChI=1S/C50H46N5/c1-33-15-12-16-34(2)48(33)37-27-28-51-47(29-37)55-43-22-9-8-21-41(43)42-26-25-40(31-46(42)55)54(49-35(3)17-13-18-36(49)4)39-20-14-19-38(30-39)52-32-53(50(5,6)7)45-24-11-10-23-44(45)52/h8-32H,1-7H3/q+1. The Hall–Kier alpha value is -6.46. The number of imidazole rings is 1. The highest BCUT2D eigenvalue weighted by Gasteiger charge is 2.26. The predicted octanol–water partition coefficient (Wildman–Crippen LogP) is 13.3. The first-order chi connectivity index (χ1) is 26.6. The molecule has 270 valence electrons. The van der Waals surface area contributed by atoms with Gasteiger partial charge in [0.1, 0.15) is 11.5 Å². The molecule has 5 nitrogen and oxygen atoms in total. The largest absolute Gasteiger partial charge is 0.309 e. The quantitative estimate of drug-likeness (QED) is 0.160. The first-order valence-electron chi connectivity index (χ1n) is 19.1. The van der Waals surface area contributed by atoms with Gasteiger partial charge in [0, 0.05) is 46.9 Å². The molecule has 0 radical (unpaired) electrons. The third kappa shape index (κ3) is 5.79. The van der Waals surface area contributed by atoms with Crippen LogP contribution >= 0.6 is 0 Å². The lowest BCUT2D eigenvalue weighted by Crippen LogP contribution is -2.20. The van der Waals surface area contributed by atoms with Gasteiger partial charge >= 0.3 is 0 Å². The van der Waals surface area contributed by atoms with Crippen molar-refractivity contribution in [3.63, 3.8) is 0 Å². The number of anilines is 3. The number of fused-ring (bicyclic) bond motifs is 4. The molecular formula is C50H46N5+. The summed E-state index contributed by atoms with van der Waals surface area (Å²) >= 11 is 0. The Morgan fingerprint density at radius 2 is 1.16 bits per heavy atom. The van der Waals surface area contributed by atoms with E-state index in [9.17, 15) is 0 Å². The fourth-order valence-corrected chi connectivity index (χ4v) is 8.51. The van der Waals surface area contributed by atoms with Gasteiger partial charge in [0.25, 0.3) is 0 Å². The van der Waals surface area contributed by atoms with Gasteiger partial charge in [-0.15, -0.1) is 0 Å². The highest BCUT2D eigenvalue weighted by atomic mass is 15.2. The molecule has 0 aliphatic rings. The van der Waals surface area contributed by atoms with Crippen LogP contribution in [0.25, 0.3) is 55.5 Å². The summed E-state index contributed by atoms with van der Waals surface area (Å²) in [5.41, 5.74) is 16.4. The van der Waals surface area contributed by atoms with Gasteiger partial charge in [-0.2, -0.15) is 4.57 Å². The van der Waals surface area contributed by atoms with E-state index in [1.165, 1.54) is 60.9 Å². The molecule has 0 saturated carbocycles.